The first kappa shape index (κ1) is 24.1. The third-order valence-corrected chi connectivity index (χ3v) is 5.77. The van der Waals surface area contributed by atoms with E-state index in [9.17, 15) is 9.59 Å². The molecule has 1 amide bonds. The molecule has 1 aliphatic heterocycles. The van der Waals surface area contributed by atoms with Crippen LogP contribution in [0, 0.1) is 6.92 Å². The molecule has 2 aromatic rings. The molecule has 2 N–H and O–H groups in total. The van der Waals surface area contributed by atoms with Gasteiger partial charge in [-0.05, 0) is 26.2 Å². The van der Waals surface area contributed by atoms with Crippen LogP contribution in [0.25, 0.3) is 0 Å². The molecule has 10 nitrogen and oxygen atoms in total. The minimum Gasteiger partial charge on any atom is -0.461 e. The molecule has 2 aromatic heterocycles. The summed E-state index contributed by atoms with van der Waals surface area (Å²) in [5, 5.41) is 3.27. The number of anilines is 1. The predicted molar refractivity (Wildman–Crippen MR) is 118 cm³/mol. The van der Waals surface area contributed by atoms with Crippen LogP contribution >= 0.6 is 11.6 Å². The molecule has 2 atom stereocenters. The van der Waals surface area contributed by atoms with E-state index in [2.05, 4.69) is 20.3 Å². The fourth-order valence-corrected chi connectivity index (χ4v) is 3.81. The second kappa shape index (κ2) is 10.8. The minimum absolute atomic E-state index is 0.179. The number of aromatic nitrogens is 3. The maximum atomic E-state index is 12.6. The fraction of sp³-hybridized carbons (Fsp3) is 0.619. The molecule has 0 aliphatic carbocycles. The van der Waals surface area contributed by atoms with E-state index < -0.39 is 5.97 Å². The molecule has 3 heterocycles. The number of carbonyl (C=O) groups excluding carboxylic acids is 2. The molecule has 0 aromatic carbocycles. The van der Waals surface area contributed by atoms with Gasteiger partial charge in [-0.25, -0.2) is 9.78 Å². The average Bonchev–Trinajstić information content (AvgIpc) is 3.36. The zero-order chi connectivity index (χ0) is 23.3. The van der Waals surface area contributed by atoms with Crippen LogP contribution in [0.3, 0.4) is 0 Å². The Balaban J connectivity index is 1.63. The summed E-state index contributed by atoms with van der Waals surface area (Å²) >= 11 is 6.04. The lowest BCUT2D eigenvalue weighted by molar-refractivity contribution is 0.0490. The van der Waals surface area contributed by atoms with Gasteiger partial charge in [-0.2, -0.15) is 4.98 Å². The number of hydrogen-bond acceptors (Lipinski definition) is 8. The molecule has 176 valence electrons. The molecule has 0 bridgehead atoms. The number of H-pyrrole nitrogens is 1. The van der Waals surface area contributed by atoms with Crippen molar-refractivity contribution in [2.24, 2.45) is 0 Å². The Morgan fingerprint density at radius 1 is 1.34 bits per heavy atom. The second-order valence-corrected chi connectivity index (χ2v) is 8.05. The van der Waals surface area contributed by atoms with Crippen LogP contribution in [-0.4, -0.2) is 65.8 Å². The number of nitrogens with one attached hydrogen (secondary N) is 2. The predicted octanol–water partition coefficient (Wildman–Crippen LogP) is 2.90. The number of halogens is 1. The number of oxazole rings is 1. The van der Waals surface area contributed by atoms with Gasteiger partial charge < -0.3 is 29.1 Å². The molecule has 1 fully saturated rings. The molecular weight excluding hydrogens is 438 g/mol. The van der Waals surface area contributed by atoms with E-state index in [0.29, 0.717) is 49.5 Å². The van der Waals surface area contributed by atoms with Gasteiger partial charge >= 0.3 is 5.97 Å². The Morgan fingerprint density at radius 2 is 2.12 bits per heavy atom. The summed E-state index contributed by atoms with van der Waals surface area (Å²) in [6.07, 6.45) is 2.68. The number of imidazole rings is 1. The van der Waals surface area contributed by atoms with Gasteiger partial charge in [0.1, 0.15) is 5.76 Å². The molecule has 32 heavy (non-hydrogen) atoms. The van der Waals surface area contributed by atoms with E-state index in [1.54, 1.807) is 14.0 Å². The number of aromatic amines is 1. The lowest BCUT2D eigenvalue weighted by Gasteiger charge is -2.37. The van der Waals surface area contributed by atoms with Crippen LogP contribution in [0.4, 0.5) is 6.01 Å². The van der Waals surface area contributed by atoms with Crippen LogP contribution in [-0.2, 0) is 15.9 Å². The van der Waals surface area contributed by atoms with Crippen molar-refractivity contribution in [3.63, 3.8) is 0 Å². The van der Waals surface area contributed by atoms with E-state index in [0.717, 1.165) is 18.5 Å². The monoisotopic (exact) mass is 467 g/mol. The first-order valence-electron chi connectivity index (χ1n) is 10.8. The molecule has 0 saturated carbocycles. The van der Waals surface area contributed by atoms with Gasteiger partial charge in [0.25, 0.3) is 11.9 Å². The number of unbranched alkanes of at least 4 members (excludes halogenated alkanes) is 1. The minimum atomic E-state index is -0.486. The van der Waals surface area contributed by atoms with Gasteiger partial charge in [-0.1, -0.05) is 31.9 Å². The zero-order valence-corrected chi connectivity index (χ0v) is 19.6. The highest BCUT2D eigenvalue weighted by atomic mass is 35.5. The van der Waals surface area contributed by atoms with Crippen LogP contribution in [0.15, 0.2) is 4.42 Å². The Kier molecular flexibility index (Phi) is 8.14. The number of esters is 1. The van der Waals surface area contributed by atoms with Gasteiger partial charge in [0.05, 0.1) is 31.0 Å². The van der Waals surface area contributed by atoms with Crippen LogP contribution in [0.1, 0.15) is 65.7 Å². The van der Waals surface area contributed by atoms with Crippen LogP contribution in [0.2, 0.25) is 5.15 Å². The lowest BCUT2D eigenvalue weighted by atomic mass is 10.0. The Hall–Kier alpha value is -2.59. The highest BCUT2D eigenvalue weighted by molar-refractivity contribution is 6.30. The molecule has 0 radical (unpaired) electrons. The summed E-state index contributed by atoms with van der Waals surface area (Å²) in [5.74, 6) is -0.234. The summed E-state index contributed by atoms with van der Waals surface area (Å²) < 4.78 is 16.6. The number of piperidine rings is 1. The highest BCUT2D eigenvalue weighted by Crippen LogP contribution is 2.24. The molecule has 1 aliphatic rings. The zero-order valence-electron chi connectivity index (χ0n) is 18.9. The van der Waals surface area contributed by atoms with E-state index in [4.69, 9.17) is 25.5 Å². The average molecular weight is 468 g/mol. The third kappa shape index (κ3) is 5.42. The summed E-state index contributed by atoms with van der Waals surface area (Å²) in [6.45, 7) is 7.00. The highest BCUT2D eigenvalue weighted by Gasteiger charge is 2.34. The molecule has 0 spiro atoms. The van der Waals surface area contributed by atoms with Crippen LogP contribution < -0.4 is 10.2 Å². The van der Waals surface area contributed by atoms with E-state index >= 15 is 0 Å². The lowest BCUT2D eigenvalue weighted by Crippen LogP contribution is -2.55. The van der Waals surface area contributed by atoms with Crippen molar-refractivity contribution >= 4 is 29.5 Å². The third-order valence-electron chi connectivity index (χ3n) is 5.46. The van der Waals surface area contributed by atoms with Crippen molar-refractivity contribution in [2.75, 3.05) is 31.7 Å². The summed E-state index contributed by atoms with van der Waals surface area (Å²) in [5.41, 5.74) is 0.903. The second-order valence-electron chi connectivity index (χ2n) is 7.69. The smallest absolute Gasteiger partial charge is 0.360 e. The standard InChI is InChI=1S/C21H30ClN5O5/c1-5-7-10-31-20(29)16-12(3)32-21(25-16)27-9-8-14(15(11-27)30-4)24-19(28)18-23-13(6-2)17(22)26-18/h14-15H,5-11H2,1-4H3,(H,23,26)(H,24,28)/t14-,15+/m0/s1. The first-order valence-corrected chi connectivity index (χ1v) is 11.2. The SMILES string of the molecule is CCCCOC(=O)c1nc(N2CC[C@H](NC(=O)c3nc(Cl)c(CC)[nH]3)[C@H](OC)C2)oc1C. The summed E-state index contributed by atoms with van der Waals surface area (Å²) in [6, 6.07) is 0.106. The molecule has 0 unspecified atom stereocenters. The number of ether oxygens (including phenoxy) is 2. The van der Waals surface area contributed by atoms with Gasteiger partial charge in [0, 0.05) is 13.7 Å². The van der Waals surface area contributed by atoms with Gasteiger partial charge in [-0.15, -0.1) is 0 Å². The van der Waals surface area contributed by atoms with Gasteiger partial charge in [0.2, 0.25) is 0 Å². The normalized spacial score (nSPS) is 18.6. The quantitative estimate of drug-likeness (QED) is 0.426. The van der Waals surface area contributed by atoms with E-state index in [1.165, 1.54) is 0 Å². The molecule has 1 saturated heterocycles. The Morgan fingerprint density at radius 3 is 2.78 bits per heavy atom. The maximum absolute atomic E-state index is 12.6. The number of amides is 1. The van der Waals surface area contributed by atoms with Crippen molar-refractivity contribution in [3.05, 3.63) is 28.1 Å². The molecular formula is C21H30ClN5O5. The van der Waals surface area contributed by atoms with Gasteiger partial charge in [0.15, 0.2) is 16.7 Å². The molecule has 11 heteroatoms. The Labute approximate surface area is 192 Å². The van der Waals surface area contributed by atoms with Gasteiger partial charge in [-0.3, -0.25) is 4.79 Å². The number of hydrogen-bond donors (Lipinski definition) is 2. The van der Waals surface area contributed by atoms with Crippen molar-refractivity contribution in [1.29, 1.82) is 0 Å². The Bertz CT molecular complexity index is 943. The van der Waals surface area contributed by atoms with Crippen molar-refractivity contribution in [2.45, 2.75) is 58.6 Å². The number of nitrogens with zero attached hydrogens (tertiary/aromatic N) is 3. The summed E-state index contributed by atoms with van der Waals surface area (Å²) in [7, 11) is 1.59. The topological polar surface area (TPSA) is 123 Å². The number of carbonyl (C=O) groups is 2. The molecule has 3 rings (SSSR count). The van der Waals surface area contributed by atoms with Crippen molar-refractivity contribution in [1.82, 2.24) is 20.3 Å². The summed E-state index contributed by atoms with van der Waals surface area (Å²) in [4.78, 5) is 38.2. The number of rotatable bonds is 9. The van der Waals surface area contributed by atoms with Crippen molar-refractivity contribution in [3.8, 4) is 0 Å². The van der Waals surface area contributed by atoms with Crippen LogP contribution in [0.5, 0.6) is 0 Å². The maximum Gasteiger partial charge on any atom is 0.360 e. The van der Waals surface area contributed by atoms with Crippen molar-refractivity contribution < 1.29 is 23.5 Å². The number of aryl methyl sites for hydroxylation is 2. The fourth-order valence-electron chi connectivity index (χ4n) is 3.55. The first-order chi connectivity index (χ1) is 15.4. The number of methoxy groups -OCH3 is 1. The largest absolute Gasteiger partial charge is 0.461 e. The van der Waals surface area contributed by atoms with E-state index in [1.807, 2.05) is 18.7 Å². The van der Waals surface area contributed by atoms with E-state index in [-0.39, 0.29) is 29.6 Å².